The van der Waals surface area contributed by atoms with Crippen LogP contribution in [0.15, 0.2) is 0 Å². The Kier molecular flexibility index (Phi) is 1.75. The van der Waals surface area contributed by atoms with E-state index in [1.165, 1.54) is 0 Å². The van der Waals surface area contributed by atoms with Crippen LogP contribution in [0.1, 0.15) is 0 Å². The summed E-state index contributed by atoms with van der Waals surface area (Å²) in [5, 5.41) is 0. The molecule has 1 fully saturated rings. The largest absolute Gasteiger partial charge is 0.697 e. The van der Waals surface area contributed by atoms with Gasteiger partial charge in [0.15, 0.2) is 13.2 Å². The molecule has 52 valence electrons. The molecule has 0 bridgehead atoms. The van der Waals surface area contributed by atoms with Gasteiger partial charge in [-0.05, 0) is 0 Å². The summed E-state index contributed by atoms with van der Waals surface area (Å²) in [5.41, 5.74) is 0. The molecule has 1 rings (SSSR count). The summed E-state index contributed by atoms with van der Waals surface area (Å²) in [4.78, 5) is 0. The van der Waals surface area contributed by atoms with E-state index < -0.39 is 27.4 Å². The van der Waals surface area contributed by atoms with Gasteiger partial charge >= 0.3 is 14.2 Å². The second-order valence-electron chi connectivity index (χ2n) is 1.63. The van der Waals surface area contributed by atoms with Crippen LogP contribution in [0.25, 0.3) is 0 Å². The van der Waals surface area contributed by atoms with E-state index >= 15 is 0 Å². The van der Waals surface area contributed by atoms with E-state index in [9.17, 15) is 13.3 Å². The van der Waals surface area contributed by atoms with Crippen molar-refractivity contribution < 1.29 is 22.4 Å². The van der Waals surface area contributed by atoms with Crippen LogP contribution in [0.3, 0.4) is 0 Å². The molecule has 0 aromatic heterocycles. The Hall–Kier alpha value is -0.120. The Bertz CT molecular complexity index is 125. The fourth-order valence-corrected chi connectivity index (χ4v) is 1.04. The summed E-state index contributed by atoms with van der Waals surface area (Å²) >= 11 is 0. The van der Waals surface area contributed by atoms with Crippen molar-refractivity contribution in [1.82, 2.24) is 0 Å². The zero-order valence-corrected chi connectivity index (χ0v) is 5.24. The van der Waals surface area contributed by atoms with Crippen molar-refractivity contribution in [3.63, 3.8) is 0 Å². The topological polar surface area (TPSA) is 35.5 Å². The lowest BCUT2D eigenvalue weighted by molar-refractivity contribution is -0.0983. The molecule has 1 aliphatic rings. The van der Waals surface area contributed by atoms with Crippen LogP contribution in [0, 0.1) is 0 Å². The number of rotatable bonds is 0. The van der Waals surface area contributed by atoms with E-state index in [4.69, 9.17) is 0 Å². The fourth-order valence-electron chi connectivity index (χ4n) is 0.373. The molecule has 0 atom stereocenters. The first-order chi connectivity index (χ1) is 4.10. The van der Waals surface area contributed by atoms with Gasteiger partial charge in [0, 0.05) is 4.57 Å². The average molecular weight is 157 g/mol. The monoisotopic (exact) mass is 157 g/mol. The maximum absolute atomic E-state index is 12.0. The summed E-state index contributed by atoms with van der Waals surface area (Å²) in [6.07, 6.45) is 0. The molecule has 0 radical (unpaired) electrons. The third kappa shape index (κ3) is 1.93. The van der Waals surface area contributed by atoms with E-state index in [0.29, 0.717) is 0 Å². The van der Waals surface area contributed by atoms with E-state index in [1.54, 1.807) is 0 Å². The third-order valence-corrected chi connectivity index (χ3v) is 1.44. The van der Waals surface area contributed by atoms with Crippen molar-refractivity contribution >= 4 is 8.25 Å². The minimum absolute atomic E-state index is 0.803. The Balaban J connectivity index is 2.44. The first-order valence-electron chi connectivity index (χ1n) is 2.21. The van der Waals surface area contributed by atoms with E-state index in [-0.39, 0.29) is 0 Å². The molecule has 0 aromatic carbocycles. The van der Waals surface area contributed by atoms with Crippen molar-refractivity contribution in [3.05, 3.63) is 0 Å². The van der Waals surface area contributed by atoms with Gasteiger partial charge in [0.2, 0.25) is 0 Å². The van der Waals surface area contributed by atoms with Crippen LogP contribution < -0.4 is 0 Å². The van der Waals surface area contributed by atoms with Gasteiger partial charge in [-0.3, -0.25) is 0 Å². The Morgan fingerprint density at radius 3 is 2.11 bits per heavy atom. The molecule has 6 heteroatoms. The van der Waals surface area contributed by atoms with E-state index in [2.05, 4.69) is 9.05 Å². The molecule has 1 saturated heterocycles. The van der Waals surface area contributed by atoms with Gasteiger partial charge in [-0.15, -0.1) is 9.05 Å². The third-order valence-electron chi connectivity index (χ3n) is 0.762. The molecule has 0 amide bonds. The molecule has 3 nitrogen and oxygen atoms in total. The minimum Gasteiger partial charge on any atom is -0.201 e. The van der Waals surface area contributed by atoms with E-state index in [1.807, 2.05) is 0 Å². The van der Waals surface area contributed by atoms with Crippen LogP contribution in [0.4, 0.5) is 8.78 Å². The highest BCUT2D eigenvalue weighted by molar-refractivity contribution is 7.33. The molecule has 1 aliphatic heterocycles. The lowest BCUT2D eigenvalue weighted by Gasteiger charge is -2.11. The second-order valence-corrected chi connectivity index (χ2v) is 2.59. The average Bonchev–Trinajstić information content (AvgIpc) is 1.78. The molecule has 0 spiro atoms. The number of alkyl halides is 2. The summed E-state index contributed by atoms with van der Waals surface area (Å²) in [7, 11) is -2.28. The first-order valence-corrected chi connectivity index (χ1v) is 3.31. The van der Waals surface area contributed by atoms with Crippen molar-refractivity contribution in [2.24, 2.45) is 0 Å². The number of halogens is 2. The highest BCUT2D eigenvalue weighted by Crippen LogP contribution is 2.34. The van der Waals surface area contributed by atoms with Gasteiger partial charge < -0.3 is 0 Å². The normalized spacial score (nSPS) is 26.2. The predicted molar refractivity (Wildman–Crippen MR) is 24.5 cm³/mol. The molecular formula is C3H4F2O3P+. The zero-order valence-electron chi connectivity index (χ0n) is 4.34. The SMILES string of the molecule is O=[P+]1OCC(F)(F)CO1. The lowest BCUT2D eigenvalue weighted by atomic mass is 10.4. The highest BCUT2D eigenvalue weighted by atomic mass is 31.1. The molecule has 0 aliphatic carbocycles. The Morgan fingerprint density at radius 1 is 1.33 bits per heavy atom. The van der Waals surface area contributed by atoms with Gasteiger partial charge in [0.05, 0.1) is 0 Å². The van der Waals surface area contributed by atoms with Crippen LogP contribution in [0.5, 0.6) is 0 Å². The maximum atomic E-state index is 12.0. The van der Waals surface area contributed by atoms with Gasteiger partial charge in [0.1, 0.15) is 0 Å². The standard InChI is InChI=1S/C3H4F2O3P/c4-3(5)1-7-9(6)8-2-3/h1-2H2/q+1. The summed E-state index contributed by atoms with van der Waals surface area (Å²) < 4.78 is 42.2. The van der Waals surface area contributed by atoms with E-state index in [0.717, 1.165) is 0 Å². The van der Waals surface area contributed by atoms with Gasteiger partial charge in [0.25, 0.3) is 0 Å². The van der Waals surface area contributed by atoms with Crippen molar-refractivity contribution in [2.45, 2.75) is 5.92 Å². The first kappa shape index (κ1) is 6.99. The molecule has 0 aromatic rings. The minimum atomic E-state index is -2.97. The Morgan fingerprint density at radius 2 is 1.78 bits per heavy atom. The fraction of sp³-hybridized carbons (Fsp3) is 1.00. The molecule has 0 saturated carbocycles. The summed E-state index contributed by atoms with van der Waals surface area (Å²) in [5.74, 6) is -2.97. The molecule has 0 N–H and O–H groups in total. The van der Waals surface area contributed by atoms with Crippen LogP contribution in [-0.4, -0.2) is 19.1 Å². The van der Waals surface area contributed by atoms with Crippen molar-refractivity contribution in [1.29, 1.82) is 0 Å². The number of hydrogen-bond donors (Lipinski definition) is 0. The smallest absolute Gasteiger partial charge is 0.201 e. The lowest BCUT2D eigenvalue weighted by Crippen LogP contribution is -2.31. The molecular weight excluding hydrogens is 153 g/mol. The quantitative estimate of drug-likeness (QED) is 0.497. The second kappa shape index (κ2) is 2.25. The molecule has 1 heterocycles. The van der Waals surface area contributed by atoms with Crippen LogP contribution >= 0.6 is 8.25 Å². The van der Waals surface area contributed by atoms with Gasteiger partial charge in [-0.2, -0.15) is 0 Å². The van der Waals surface area contributed by atoms with Crippen LogP contribution in [0.2, 0.25) is 0 Å². The zero-order chi connectivity index (χ0) is 6.91. The number of hydrogen-bond acceptors (Lipinski definition) is 3. The van der Waals surface area contributed by atoms with Gasteiger partial charge in [-0.1, -0.05) is 0 Å². The van der Waals surface area contributed by atoms with Crippen molar-refractivity contribution in [2.75, 3.05) is 13.2 Å². The predicted octanol–water partition coefficient (Wildman–Crippen LogP) is 1.33. The molecule has 0 unspecified atom stereocenters. The summed E-state index contributed by atoms with van der Waals surface area (Å²) in [6.45, 7) is -1.61. The summed E-state index contributed by atoms with van der Waals surface area (Å²) in [6, 6.07) is 0. The highest BCUT2D eigenvalue weighted by Gasteiger charge is 2.44. The van der Waals surface area contributed by atoms with Gasteiger partial charge in [-0.25, -0.2) is 8.78 Å². The molecule has 9 heavy (non-hydrogen) atoms. The van der Waals surface area contributed by atoms with Crippen molar-refractivity contribution in [3.8, 4) is 0 Å². The van der Waals surface area contributed by atoms with Crippen LogP contribution in [-0.2, 0) is 13.6 Å². The maximum Gasteiger partial charge on any atom is 0.697 e. The Labute approximate surface area is 50.9 Å².